The third kappa shape index (κ3) is 6.31. The van der Waals surface area contributed by atoms with E-state index >= 15 is 0 Å². The second-order valence-electron chi connectivity index (χ2n) is 1.22. The Balaban J connectivity index is 2.53. The Bertz CT molecular complexity index is 33.5. The van der Waals surface area contributed by atoms with Gasteiger partial charge in [-0.2, -0.15) is 11.8 Å². The predicted octanol–water partition coefficient (Wildman–Crippen LogP) is 1.40. The van der Waals surface area contributed by atoms with Crippen LogP contribution in [0.3, 0.4) is 0 Å². The number of thioether (sulfide) groups is 1. The SMILES string of the molecule is [CH2]COCCSC[CH2]. The molecule has 2 radical (unpaired) electrons. The summed E-state index contributed by atoms with van der Waals surface area (Å²) in [6.45, 7) is 8.60. The largest absolute Gasteiger partial charge is 0.381 e. The highest BCUT2D eigenvalue weighted by molar-refractivity contribution is 7.99. The van der Waals surface area contributed by atoms with Gasteiger partial charge in [0, 0.05) is 12.4 Å². The minimum Gasteiger partial charge on any atom is -0.381 e. The summed E-state index contributed by atoms with van der Waals surface area (Å²) < 4.78 is 4.98. The van der Waals surface area contributed by atoms with Crippen LogP contribution in [0, 0.1) is 13.8 Å². The van der Waals surface area contributed by atoms with Crippen molar-refractivity contribution in [3.63, 3.8) is 0 Å². The highest BCUT2D eigenvalue weighted by Crippen LogP contribution is 1.95. The van der Waals surface area contributed by atoms with Crippen LogP contribution in [0.2, 0.25) is 0 Å². The van der Waals surface area contributed by atoms with Crippen molar-refractivity contribution in [3.8, 4) is 0 Å². The second kappa shape index (κ2) is 7.31. The van der Waals surface area contributed by atoms with Gasteiger partial charge in [-0.1, -0.05) is 0 Å². The highest BCUT2D eigenvalue weighted by atomic mass is 32.2. The molecule has 0 aromatic heterocycles. The van der Waals surface area contributed by atoms with E-state index in [4.69, 9.17) is 4.74 Å². The van der Waals surface area contributed by atoms with Crippen molar-refractivity contribution in [3.05, 3.63) is 13.8 Å². The van der Waals surface area contributed by atoms with Gasteiger partial charge in [-0.25, -0.2) is 0 Å². The Morgan fingerprint density at radius 1 is 1.38 bits per heavy atom. The van der Waals surface area contributed by atoms with Gasteiger partial charge in [0.1, 0.15) is 0 Å². The quantitative estimate of drug-likeness (QED) is 0.523. The lowest BCUT2D eigenvalue weighted by Crippen LogP contribution is -1.95. The predicted molar refractivity (Wildman–Crippen MR) is 38.9 cm³/mol. The topological polar surface area (TPSA) is 9.23 Å². The molecule has 0 heterocycles. The van der Waals surface area contributed by atoms with Gasteiger partial charge in [0.15, 0.2) is 0 Å². The lowest BCUT2D eigenvalue weighted by Gasteiger charge is -1.96. The van der Waals surface area contributed by atoms with Crippen LogP contribution in [-0.2, 0) is 4.74 Å². The van der Waals surface area contributed by atoms with Crippen molar-refractivity contribution in [2.24, 2.45) is 0 Å². The third-order valence-electron chi connectivity index (χ3n) is 0.661. The summed E-state index contributed by atoms with van der Waals surface area (Å²) in [6, 6.07) is 0. The summed E-state index contributed by atoms with van der Waals surface area (Å²) in [7, 11) is 0. The van der Waals surface area contributed by atoms with Crippen molar-refractivity contribution in [1.29, 1.82) is 0 Å². The van der Waals surface area contributed by atoms with E-state index in [0.29, 0.717) is 6.61 Å². The molecule has 0 saturated heterocycles. The fraction of sp³-hybridized carbons (Fsp3) is 0.667. The average Bonchev–Trinajstić information content (AvgIpc) is 1.81. The van der Waals surface area contributed by atoms with Crippen molar-refractivity contribution in [2.45, 2.75) is 0 Å². The first-order valence-electron chi connectivity index (χ1n) is 2.65. The molecule has 0 unspecified atom stereocenters. The fourth-order valence-corrected chi connectivity index (χ4v) is 0.762. The van der Waals surface area contributed by atoms with Gasteiger partial charge in [-0.15, -0.1) is 0 Å². The molecule has 0 amide bonds. The van der Waals surface area contributed by atoms with Crippen molar-refractivity contribution < 1.29 is 4.74 Å². The zero-order chi connectivity index (χ0) is 6.24. The molecule has 0 saturated carbocycles. The molecule has 0 fully saturated rings. The van der Waals surface area contributed by atoms with E-state index in [-0.39, 0.29) is 0 Å². The fourth-order valence-electron chi connectivity index (χ4n) is 0.322. The maximum Gasteiger partial charge on any atom is 0.0556 e. The standard InChI is InChI=1S/C6H12OS/c1-3-7-5-6-8-4-2/h1-6H2. The second-order valence-corrected chi connectivity index (χ2v) is 2.45. The van der Waals surface area contributed by atoms with Crippen LogP contribution in [0.15, 0.2) is 0 Å². The molecule has 1 nitrogen and oxygen atoms in total. The normalized spacial score (nSPS) is 9.75. The molecule has 0 N–H and O–H groups in total. The van der Waals surface area contributed by atoms with E-state index in [1.165, 1.54) is 0 Å². The lowest BCUT2D eigenvalue weighted by molar-refractivity contribution is 0.179. The molecule has 2 heteroatoms. The van der Waals surface area contributed by atoms with Gasteiger partial charge < -0.3 is 4.74 Å². The maximum absolute atomic E-state index is 4.98. The summed E-state index contributed by atoms with van der Waals surface area (Å²) >= 11 is 1.78. The van der Waals surface area contributed by atoms with Crippen LogP contribution in [0.1, 0.15) is 0 Å². The third-order valence-corrected chi connectivity index (χ3v) is 1.40. The Hall–Kier alpha value is 0.310. The molecule has 0 rings (SSSR count). The van der Waals surface area contributed by atoms with E-state index in [0.717, 1.165) is 18.1 Å². The van der Waals surface area contributed by atoms with Gasteiger partial charge >= 0.3 is 0 Å². The zero-order valence-corrected chi connectivity index (χ0v) is 5.88. The monoisotopic (exact) mass is 132 g/mol. The smallest absolute Gasteiger partial charge is 0.0556 e. The van der Waals surface area contributed by atoms with Crippen molar-refractivity contribution >= 4 is 11.8 Å². The minimum atomic E-state index is 0.581. The van der Waals surface area contributed by atoms with Crippen LogP contribution >= 0.6 is 11.8 Å². The molecule has 0 bridgehead atoms. The Labute approximate surface area is 55.8 Å². The van der Waals surface area contributed by atoms with Crippen LogP contribution in [0.4, 0.5) is 0 Å². The lowest BCUT2D eigenvalue weighted by atomic mass is 10.8. The van der Waals surface area contributed by atoms with E-state index < -0.39 is 0 Å². The molecule has 0 aliphatic heterocycles. The van der Waals surface area contributed by atoms with E-state index in [2.05, 4.69) is 13.8 Å². The van der Waals surface area contributed by atoms with Gasteiger partial charge in [-0.3, -0.25) is 0 Å². The Morgan fingerprint density at radius 2 is 2.12 bits per heavy atom. The Kier molecular flexibility index (Phi) is 7.59. The van der Waals surface area contributed by atoms with Crippen molar-refractivity contribution in [1.82, 2.24) is 0 Å². The first-order chi connectivity index (χ1) is 3.91. The molecule has 0 spiro atoms. The summed E-state index contributed by atoms with van der Waals surface area (Å²) in [6.07, 6.45) is 0. The summed E-state index contributed by atoms with van der Waals surface area (Å²) in [5.74, 6) is 1.97. The number of hydrogen-bond acceptors (Lipinski definition) is 2. The first-order valence-corrected chi connectivity index (χ1v) is 3.81. The molecule has 0 aromatic carbocycles. The number of hydrogen-bond donors (Lipinski definition) is 0. The van der Waals surface area contributed by atoms with Gasteiger partial charge in [0.25, 0.3) is 0 Å². The first kappa shape index (κ1) is 8.31. The van der Waals surface area contributed by atoms with E-state index in [1.807, 2.05) is 0 Å². The molecular formula is C6H12OS. The number of rotatable bonds is 5. The van der Waals surface area contributed by atoms with E-state index in [1.54, 1.807) is 11.8 Å². The molecular weight excluding hydrogens is 120 g/mol. The Morgan fingerprint density at radius 3 is 2.62 bits per heavy atom. The zero-order valence-electron chi connectivity index (χ0n) is 5.06. The van der Waals surface area contributed by atoms with Gasteiger partial charge in [0.05, 0.1) is 6.61 Å². The van der Waals surface area contributed by atoms with E-state index in [9.17, 15) is 0 Å². The van der Waals surface area contributed by atoms with Gasteiger partial charge in [-0.05, 0) is 19.6 Å². The molecule has 0 atom stereocenters. The van der Waals surface area contributed by atoms with Crippen molar-refractivity contribution in [2.75, 3.05) is 24.7 Å². The summed E-state index contributed by atoms with van der Waals surface area (Å²) in [4.78, 5) is 0. The van der Waals surface area contributed by atoms with Crippen LogP contribution in [0.25, 0.3) is 0 Å². The van der Waals surface area contributed by atoms with Crippen LogP contribution in [-0.4, -0.2) is 24.7 Å². The highest BCUT2D eigenvalue weighted by Gasteiger charge is 1.82. The van der Waals surface area contributed by atoms with Crippen LogP contribution in [0.5, 0.6) is 0 Å². The number of ether oxygens (including phenoxy) is 1. The minimum absolute atomic E-state index is 0.581. The molecule has 0 aromatic rings. The summed E-state index contributed by atoms with van der Waals surface area (Å²) in [5, 5.41) is 0. The average molecular weight is 132 g/mol. The molecule has 0 aliphatic carbocycles. The maximum atomic E-state index is 4.98. The van der Waals surface area contributed by atoms with Crippen LogP contribution < -0.4 is 0 Å². The van der Waals surface area contributed by atoms with Gasteiger partial charge in [0.2, 0.25) is 0 Å². The molecule has 48 valence electrons. The summed E-state index contributed by atoms with van der Waals surface area (Å²) in [5.41, 5.74) is 0. The molecule has 0 aliphatic rings. The molecule has 8 heavy (non-hydrogen) atoms.